The van der Waals surface area contributed by atoms with Gasteiger partial charge in [-0.25, -0.2) is 0 Å². The number of quaternary nitrogens is 1. The van der Waals surface area contributed by atoms with E-state index >= 15 is 0 Å². The van der Waals surface area contributed by atoms with Crippen molar-refractivity contribution in [1.29, 1.82) is 0 Å². The first-order chi connectivity index (χ1) is 30.0. The molecule has 63 heavy (non-hydrogen) atoms. The number of aldehydes is 1. The lowest BCUT2D eigenvalue weighted by Crippen LogP contribution is -2.73. The van der Waals surface area contributed by atoms with Crippen LogP contribution in [-0.4, -0.2) is 105 Å². The smallest absolute Gasteiger partial charge is 0.323 e. The van der Waals surface area contributed by atoms with Crippen molar-refractivity contribution in [3.8, 4) is 0 Å². The Morgan fingerprint density at radius 1 is 0.794 bits per heavy atom. The van der Waals surface area contributed by atoms with Gasteiger partial charge in [0.15, 0.2) is 5.71 Å². The zero-order chi connectivity index (χ0) is 45.7. The van der Waals surface area contributed by atoms with E-state index in [0.717, 1.165) is 74.9 Å². The van der Waals surface area contributed by atoms with Gasteiger partial charge in [-0.15, -0.1) is 0 Å². The van der Waals surface area contributed by atoms with Crippen LogP contribution in [0.2, 0.25) is 0 Å². The lowest BCUT2D eigenvalue weighted by Gasteiger charge is -2.25. The minimum Gasteiger partial charge on any atom is -0.480 e. The van der Waals surface area contributed by atoms with Gasteiger partial charge in [-0.3, -0.25) is 14.4 Å². The monoisotopic (exact) mass is 890 g/mol. The number of anilines is 2. The van der Waals surface area contributed by atoms with Gasteiger partial charge in [0.25, 0.3) is 11.8 Å². The number of allylic oxidation sites excluding steroid dienone is 2. The summed E-state index contributed by atoms with van der Waals surface area (Å²) in [5.74, 6) is 0.391. The van der Waals surface area contributed by atoms with Gasteiger partial charge in [0.05, 0.1) is 19.0 Å². The fourth-order valence-corrected chi connectivity index (χ4v) is 9.53. The first-order valence-electron chi connectivity index (χ1n) is 21.2. The van der Waals surface area contributed by atoms with Gasteiger partial charge in [0.2, 0.25) is 5.69 Å². The van der Waals surface area contributed by atoms with Gasteiger partial charge in [-0.2, -0.15) is 4.58 Å². The minimum atomic E-state index is -0.870. The number of nitrogens with zero attached hydrogens (tertiary/aromatic N) is 3. The van der Waals surface area contributed by atoms with Crippen molar-refractivity contribution in [2.45, 2.75) is 44.9 Å². The molecule has 0 aliphatic carbocycles. The number of amides is 2. The molecular formula is C50H62N6O5S2+2. The molecule has 4 aromatic carbocycles. The second kappa shape index (κ2) is 22.1. The van der Waals surface area contributed by atoms with Gasteiger partial charge in [0, 0.05) is 90.5 Å². The van der Waals surface area contributed by atoms with Crippen LogP contribution in [0.5, 0.6) is 0 Å². The van der Waals surface area contributed by atoms with Crippen LogP contribution in [0.4, 0.5) is 22.7 Å². The molecule has 5 N–H and O–H groups in total. The first kappa shape index (κ1) is 48.4. The zero-order valence-corrected chi connectivity index (χ0v) is 39.4. The quantitative estimate of drug-likeness (QED) is 0.0211. The third-order valence-electron chi connectivity index (χ3n) is 11.4. The number of carbonyl (C=O) groups is 4. The molecule has 332 valence electrons. The van der Waals surface area contributed by atoms with Crippen LogP contribution in [0.25, 0.3) is 12.2 Å². The number of rotatable bonds is 22. The molecule has 0 aromatic heterocycles. The molecule has 0 radical (unpaired) electrons. The summed E-state index contributed by atoms with van der Waals surface area (Å²) in [6.45, 7) is 10.1. The number of benzene rings is 4. The van der Waals surface area contributed by atoms with Crippen LogP contribution in [0, 0.1) is 0 Å². The van der Waals surface area contributed by atoms with Crippen LogP contribution in [-0.2, 0) is 20.4 Å². The van der Waals surface area contributed by atoms with Crippen LogP contribution in [0.15, 0.2) is 97.1 Å². The average Bonchev–Trinajstić information content (AvgIpc) is 3.45. The lowest BCUT2D eigenvalue weighted by molar-refractivity contribution is -0.540. The van der Waals surface area contributed by atoms with E-state index in [0.29, 0.717) is 30.8 Å². The van der Waals surface area contributed by atoms with Crippen molar-refractivity contribution in [2.24, 2.45) is 0 Å². The largest absolute Gasteiger partial charge is 0.480 e. The molecule has 0 spiro atoms. The molecule has 1 aliphatic heterocycles. The maximum Gasteiger partial charge on any atom is 0.323 e. The molecule has 1 aliphatic rings. The van der Waals surface area contributed by atoms with Crippen LogP contribution < -0.4 is 25.8 Å². The Hall–Kier alpha value is -5.63. The average molecular weight is 891 g/mol. The Morgan fingerprint density at radius 2 is 1.35 bits per heavy atom. The van der Waals surface area contributed by atoms with Crippen LogP contribution in [0.3, 0.4) is 0 Å². The molecule has 0 unspecified atom stereocenters. The van der Waals surface area contributed by atoms with Crippen molar-refractivity contribution in [3.05, 3.63) is 130 Å². The minimum absolute atomic E-state index is 0.0582. The van der Waals surface area contributed by atoms with Crippen molar-refractivity contribution < 1.29 is 34.2 Å². The summed E-state index contributed by atoms with van der Waals surface area (Å²) >= 11 is 0. The molecule has 0 saturated heterocycles. The van der Waals surface area contributed by atoms with Crippen molar-refractivity contribution in [3.63, 3.8) is 0 Å². The number of nitrogens with one attached hydrogen (secondary N) is 2. The summed E-state index contributed by atoms with van der Waals surface area (Å²) in [7, 11) is 11.1. The van der Waals surface area contributed by atoms with Gasteiger partial charge >= 0.3 is 5.97 Å². The highest BCUT2D eigenvalue weighted by molar-refractivity contribution is 8.76. The lowest BCUT2D eigenvalue weighted by atomic mass is 9.79. The van der Waals surface area contributed by atoms with Gasteiger partial charge in [-0.1, -0.05) is 71.9 Å². The third kappa shape index (κ3) is 12.7. The number of likely N-dealkylation sites (N-methyl/N-ethyl adjacent to an activating group) is 2. The maximum atomic E-state index is 13.2. The number of carbonyl (C=O) groups excluding carboxylic acids is 3. The summed E-state index contributed by atoms with van der Waals surface area (Å²) in [5.41, 5.74) is 10.2. The Kier molecular flexibility index (Phi) is 17.0. The molecule has 0 bridgehead atoms. The van der Waals surface area contributed by atoms with E-state index in [1.165, 1.54) is 0 Å². The van der Waals surface area contributed by atoms with Crippen molar-refractivity contribution in [1.82, 2.24) is 10.6 Å². The fourth-order valence-electron chi connectivity index (χ4n) is 7.71. The van der Waals surface area contributed by atoms with Crippen LogP contribution >= 0.6 is 21.6 Å². The number of hydrogen-bond donors (Lipinski definition) is 4. The highest BCUT2D eigenvalue weighted by Crippen LogP contribution is 2.40. The fraction of sp³-hybridized carbons (Fsp3) is 0.340. The summed E-state index contributed by atoms with van der Waals surface area (Å²) in [5, 5.41) is 17.3. The predicted octanol–water partition coefficient (Wildman–Crippen LogP) is 7.31. The molecule has 0 atom stereocenters. The second-order valence-electron chi connectivity index (χ2n) is 16.9. The zero-order valence-electron chi connectivity index (χ0n) is 37.7. The van der Waals surface area contributed by atoms with E-state index < -0.39 is 5.97 Å². The maximum absolute atomic E-state index is 13.2. The summed E-state index contributed by atoms with van der Waals surface area (Å²) in [4.78, 5) is 52.0. The molecule has 1 heterocycles. The molecule has 11 nitrogen and oxygen atoms in total. The van der Waals surface area contributed by atoms with Gasteiger partial charge in [0.1, 0.15) is 25.6 Å². The SMILES string of the molecule is C[NH2+]c1ccc(C(=O)NCCSSCCNC(=O)c2ccc3c(c2)C(C)(C)C(/C=C/c2ccc(N(C)CC=O)cc2)=[N+]3C)cc1C(C)(C)C/C=C/c1ccc(N(C)CC(=O)O)cc1. The number of carboxylic acid groups (broad SMARTS) is 1. The number of hydrogen-bond acceptors (Lipinski definition) is 8. The Balaban J connectivity index is 1.04. The summed E-state index contributed by atoms with van der Waals surface area (Å²) < 4.78 is 2.19. The van der Waals surface area contributed by atoms with E-state index in [9.17, 15) is 19.2 Å². The molecule has 13 heteroatoms. The molecular weight excluding hydrogens is 829 g/mol. The summed E-state index contributed by atoms with van der Waals surface area (Å²) in [6, 6.07) is 27.7. The van der Waals surface area contributed by atoms with Crippen molar-refractivity contribution in [2.75, 3.05) is 75.7 Å². The Bertz CT molecular complexity index is 2360. The topological polar surface area (TPSA) is 139 Å². The molecule has 4 aromatic rings. The first-order valence-corrected chi connectivity index (χ1v) is 23.7. The van der Waals surface area contributed by atoms with E-state index in [1.54, 1.807) is 33.5 Å². The normalized spacial score (nSPS) is 13.3. The molecule has 0 saturated carbocycles. The van der Waals surface area contributed by atoms with Gasteiger partial charge < -0.3 is 35.7 Å². The molecule has 2 amide bonds. The van der Waals surface area contributed by atoms with E-state index in [-0.39, 0.29) is 29.2 Å². The van der Waals surface area contributed by atoms with E-state index in [4.69, 9.17) is 5.11 Å². The number of aliphatic carboxylic acids is 1. The van der Waals surface area contributed by atoms with Gasteiger partial charge in [-0.05, 0) is 91.4 Å². The predicted molar refractivity (Wildman–Crippen MR) is 263 cm³/mol. The van der Waals surface area contributed by atoms with Crippen LogP contribution in [0.1, 0.15) is 77.1 Å². The molecule has 5 rings (SSSR count). The second-order valence-corrected chi connectivity index (χ2v) is 19.6. The van der Waals surface area contributed by atoms with Crippen molar-refractivity contribution >= 4 is 86.3 Å². The molecule has 0 fully saturated rings. The number of fused-ring (bicyclic) bond motifs is 1. The Labute approximate surface area is 380 Å². The third-order valence-corrected chi connectivity index (χ3v) is 13.8. The highest BCUT2D eigenvalue weighted by Gasteiger charge is 2.43. The van der Waals surface area contributed by atoms with E-state index in [2.05, 4.69) is 79.6 Å². The number of carboxylic acids is 1. The van der Waals surface area contributed by atoms with E-state index in [1.807, 2.05) is 104 Å². The number of nitrogens with two attached hydrogens (primary N) is 1. The standard InChI is InChI=1S/C50H60N6O5S2/c1-49(2,25-9-10-35-11-20-40(21-12-35)55(7)34-46(58)59)41-32-37(16-22-43(41)51-5)47(60)52-26-30-62-63-31-27-53-48(61)38-17-23-44-42(33-38)50(3,4)45(56(44)8)24-15-36-13-18-39(19-14-36)54(6)28-29-57/h9-24,29,32-33H,25-28,30-31,34H2,1-8H3,(H3-,51,52,53,58,59,60,61)/p+2/b10-9+. The summed E-state index contributed by atoms with van der Waals surface area (Å²) in [6.07, 6.45) is 10.1. The highest BCUT2D eigenvalue weighted by atomic mass is 33.1. The Morgan fingerprint density at radius 3 is 1.92 bits per heavy atom.